The normalized spacial score (nSPS) is 10.5. The Balaban J connectivity index is 1.48. The summed E-state index contributed by atoms with van der Waals surface area (Å²) in [6.45, 7) is 1.12. The molecule has 4 aromatic rings. The number of benzene rings is 3. The predicted molar refractivity (Wildman–Crippen MR) is 136 cm³/mol. The first-order valence-corrected chi connectivity index (χ1v) is 11.2. The van der Waals surface area contributed by atoms with E-state index in [1.54, 1.807) is 31.4 Å². The number of nitro benzene ring substituents is 1. The third kappa shape index (κ3) is 7.36. The van der Waals surface area contributed by atoms with E-state index in [9.17, 15) is 14.5 Å². The highest BCUT2D eigenvalue weighted by Gasteiger charge is 2.14. The van der Waals surface area contributed by atoms with Gasteiger partial charge in [-0.15, -0.1) is 0 Å². The minimum Gasteiger partial charge on any atom is -0.491 e. The number of hydrogen-bond acceptors (Lipinski definition) is 9. The van der Waals surface area contributed by atoms with Crippen molar-refractivity contribution < 1.29 is 23.5 Å². The summed E-state index contributed by atoms with van der Waals surface area (Å²) in [4.78, 5) is 19.0. The van der Waals surface area contributed by atoms with Gasteiger partial charge in [0.1, 0.15) is 24.7 Å². The van der Waals surface area contributed by atoms with E-state index in [1.807, 2.05) is 30.3 Å². The maximum absolute atomic E-state index is 14.5. The van der Waals surface area contributed by atoms with Gasteiger partial charge in [0.25, 0.3) is 5.69 Å². The summed E-state index contributed by atoms with van der Waals surface area (Å²) >= 11 is 0. The average molecular weight is 506 g/mol. The van der Waals surface area contributed by atoms with Crippen molar-refractivity contribution >= 4 is 28.8 Å². The summed E-state index contributed by atoms with van der Waals surface area (Å²) in [5, 5.41) is 17.2. The van der Waals surface area contributed by atoms with Crippen LogP contribution in [0.5, 0.6) is 11.5 Å². The maximum atomic E-state index is 14.5. The Kier molecular flexibility index (Phi) is 8.40. The summed E-state index contributed by atoms with van der Waals surface area (Å²) in [6, 6.07) is 20.5. The lowest BCUT2D eigenvalue weighted by Crippen LogP contribution is -2.05. The molecule has 0 radical (unpaired) electrons. The van der Waals surface area contributed by atoms with Crippen LogP contribution in [0.25, 0.3) is 0 Å². The van der Waals surface area contributed by atoms with Gasteiger partial charge in [-0.3, -0.25) is 10.1 Å². The van der Waals surface area contributed by atoms with Crippen LogP contribution in [0.3, 0.4) is 0 Å². The third-order valence-corrected chi connectivity index (χ3v) is 5.02. The predicted octanol–water partition coefficient (Wildman–Crippen LogP) is 5.62. The van der Waals surface area contributed by atoms with Gasteiger partial charge in [0, 0.05) is 24.9 Å². The van der Waals surface area contributed by atoms with Crippen molar-refractivity contribution in [2.24, 2.45) is 0 Å². The lowest BCUT2D eigenvalue weighted by atomic mass is 10.2. The lowest BCUT2D eigenvalue weighted by Gasteiger charge is -2.12. The van der Waals surface area contributed by atoms with Crippen molar-refractivity contribution in [3.05, 3.63) is 100 Å². The molecule has 0 amide bonds. The largest absolute Gasteiger partial charge is 0.491 e. The summed E-state index contributed by atoms with van der Waals surface area (Å²) < 4.78 is 30.7. The summed E-state index contributed by atoms with van der Waals surface area (Å²) in [5.41, 5.74) is 1.58. The second kappa shape index (κ2) is 12.3. The lowest BCUT2D eigenvalue weighted by molar-refractivity contribution is -0.384. The quantitative estimate of drug-likeness (QED) is 0.144. The van der Waals surface area contributed by atoms with Crippen LogP contribution in [-0.2, 0) is 11.3 Å². The van der Waals surface area contributed by atoms with Crippen LogP contribution in [-0.4, -0.2) is 35.2 Å². The molecule has 1 heterocycles. The molecule has 0 atom stereocenters. The van der Waals surface area contributed by atoms with E-state index in [4.69, 9.17) is 14.2 Å². The van der Waals surface area contributed by atoms with Gasteiger partial charge in [-0.05, 0) is 29.8 Å². The fourth-order valence-electron chi connectivity index (χ4n) is 3.24. The molecule has 0 aliphatic carbocycles. The summed E-state index contributed by atoms with van der Waals surface area (Å²) in [7, 11) is 1.60. The van der Waals surface area contributed by atoms with Crippen molar-refractivity contribution in [2.75, 3.05) is 31.0 Å². The molecule has 0 fully saturated rings. The first-order valence-electron chi connectivity index (χ1n) is 11.2. The first kappa shape index (κ1) is 25.3. The fraction of sp³-hybridized carbons (Fsp3) is 0.154. The number of ether oxygens (including phenoxy) is 3. The smallest absolute Gasteiger partial charge is 0.275 e. The molecule has 0 aliphatic heterocycles. The van der Waals surface area contributed by atoms with E-state index >= 15 is 0 Å². The molecule has 0 bridgehead atoms. The Bertz CT molecular complexity index is 1340. The SMILES string of the molecule is COCCOc1ccc(Nc2ncc(F)c(Nc3cc(OCc4ccccc4)cc([N+](=O)[O-])c3)n2)cc1. The van der Waals surface area contributed by atoms with Gasteiger partial charge in [0.15, 0.2) is 11.6 Å². The van der Waals surface area contributed by atoms with Crippen LogP contribution in [0.2, 0.25) is 0 Å². The van der Waals surface area contributed by atoms with E-state index in [-0.39, 0.29) is 35.5 Å². The number of hydrogen-bond donors (Lipinski definition) is 2. The zero-order chi connectivity index (χ0) is 26.0. The number of non-ortho nitro benzene ring substituents is 1. The number of nitro groups is 1. The van der Waals surface area contributed by atoms with Gasteiger partial charge < -0.3 is 24.8 Å². The average Bonchev–Trinajstić information content (AvgIpc) is 2.91. The molecule has 11 heteroatoms. The van der Waals surface area contributed by atoms with Crippen LogP contribution >= 0.6 is 0 Å². The molecular weight excluding hydrogens is 481 g/mol. The number of aromatic nitrogens is 2. The van der Waals surface area contributed by atoms with Crippen molar-refractivity contribution in [2.45, 2.75) is 6.61 Å². The minimum atomic E-state index is -0.731. The molecule has 0 saturated carbocycles. The second-order valence-electron chi connectivity index (χ2n) is 7.75. The third-order valence-electron chi connectivity index (χ3n) is 5.02. The first-order chi connectivity index (χ1) is 18.0. The van der Waals surface area contributed by atoms with Gasteiger partial charge in [0.2, 0.25) is 5.95 Å². The van der Waals surface area contributed by atoms with Gasteiger partial charge in [-0.25, -0.2) is 9.37 Å². The highest BCUT2D eigenvalue weighted by molar-refractivity contribution is 5.64. The molecule has 190 valence electrons. The molecule has 10 nitrogen and oxygen atoms in total. The highest BCUT2D eigenvalue weighted by Crippen LogP contribution is 2.29. The van der Waals surface area contributed by atoms with Crippen molar-refractivity contribution in [3.8, 4) is 11.5 Å². The minimum absolute atomic E-state index is 0.128. The van der Waals surface area contributed by atoms with Gasteiger partial charge in [-0.1, -0.05) is 30.3 Å². The topological polar surface area (TPSA) is 121 Å². The van der Waals surface area contributed by atoms with E-state index in [1.165, 1.54) is 18.2 Å². The number of methoxy groups -OCH3 is 1. The van der Waals surface area contributed by atoms with Crippen molar-refractivity contribution in [1.29, 1.82) is 0 Å². The molecule has 37 heavy (non-hydrogen) atoms. The molecule has 3 aromatic carbocycles. The highest BCUT2D eigenvalue weighted by atomic mass is 19.1. The van der Waals surface area contributed by atoms with Crippen LogP contribution in [0.4, 0.5) is 33.2 Å². The Morgan fingerprint density at radius 3 is 2.43 bits per heavy atom. The van der Waals surface area contributed by atoms with Gasteiger partial charge in [0.05, 0.1) is 29.5 Å². The van der Waals surface area contributed by atoms with Gasteiger partial charge in [-0.2, -0.15) is 4.98 Å². The Labute approximate surface area is 212 Å². The Morgan fingerprint density at radius 1 is 0.919 bits per heavy atom. The fourth-order valence-corrected chi connectivity index (χ4v) is 3.24. The molecular formula is C26H24FN5O5. The van der Waals surface area contributed by atoms with E-state index < -0.39 is 10.7 Å². The molecule has 4 rings (SSSR count). The maximum Gasteiger partial charge on any atom is 0.275 e. The van der Waals surface area contributed by atoms with Crippen molar-refractivity contribution in [1.82, 2.24) is 9.97 Å². The zero-order valence-corrected chi connectivity index (χ0v) is 19.9. The number of nitrogens with one attached hydrogen (secondary N) is 2. The molecule has 1 aromatic heterocycles. The number of anilines is 4. The van der Waals surface area contributed by atoms with E-state index in [0.717, 1.165) is 11.8 Å². The zero-order valence-electron chi connectivity index (χ0n) is 19.9. The summed E-state index contributed by atoms with van der Waals surface area (Å²) in [6.07, 6.45) is 1.00. The summed E-state index contributed by atoms with van der Waals surface area (Å²) in [5.74, 6) is 0.155. The van der Waals surface area contributed by atoms with Crippen molar-refractivity contribution in [3.63, 3.8) is 0 Å². The molecule has 0 aliphatic rings. The monoisotopic (exact) mass is 505 g/mol. The molecule has 2 N–H and O–H groups in total. The number of halogens is 1. The molecule has 0 unspecified atom stereocenters. The van der Waals surface area contributed by atoms with Crippen LogP contribution in [0.1, 0.15) is 5.56 Å². The van der Waals surface area contributed by atoms with Crippen LogP contribution in [0.15, 0.2) is 79.0 Å². The van der Waals surface area contributed by atoms with Crippen LogP contribution < -0.4 is 20.1 Å². The second-order valence-corrected chi connectivity index (χ2v) is 7.75. The van der Waals surface area contributed by atoms with Crippen LogP contribution in [0, 0.1) is 15.9 Å². The number of nitrogens with zero attached hydrogens (tertiary/aromatic N) is 3. The Hall–Kier alpha value is -4.77. The standard InChI is InChI=1S/C26H24FN5O5/c1-35-11-12-36-22-9-7-19(8-10-22)30-26-28-16-24(27)25(31-26)29-20-13-21(32(33)34)15-23(14-20)37-17-18-5-3-2-4-6-18/h2-10,13-16H,11-12,17H2,1H3,(H2,28,29,30,31). The molecule has 0 spiro atoms. The van der Waals surface area contributed by atoms with E-state index in [0.29, 0.717) is 24.7 Å². The number of rotatable bonds is 12. The van der Waals surface area contributed by atoms with E-state index in [2.05, 4.69) is 20.6 Å². The van der Waals surface area contributed by atoms with Gasteiger partial charge >= 0.3 is 0 Å². The molecule has 0 saturated heterocycles. The Morgan fingerprint density at radius 2 is 1.70 bits per heavy atom.